The summed E-state index contributed by atoms with van der Waals surface area (Å²) in [6.07, 6.45) is 3.14. The average Bonchev–Trinajstić information content (AvgIpc) is 3.22. The highest BCUT2D eigenvalue weighted by Gasteiger charge is 2.32. The highest BCUT2D eigenvalue weighted by Crippen LogP contribution is 2.42. The largest absolute Gasteiger partial charge is 0.268 e. The van der Waals surface area contributed by atoms with Crippen LogP contribution < -0.4 is 5.56 Å². The van der Waals surface area contributed by atoms with Crippen molar-refractivity contribution in [3.8, 4) is 5.69 Å². The highest BCUT2D eigenvalue weighted by molar-refractivity contribution is 7.18. The molecule has 0 N–H and O–H groups in total. The lowest BCUT2D eigenvalue weighted by atomic mass is 9.72. The fourth-order valence-corrected chi connectivity index (χ4v) is 5.90. The van der Waals surface area contributed by atoms with Gasteiger partial charge < -0.3 is 0 Å². The van der Waals surface area contributed by atoms with Crippen LogP contribution in [0.3, 0.4) is 0 Å². The fraction of sp³-hybridized carbons (Fsp3) is 0.409. The summed E-state index contributed by atoms with van der Waals surface area (Å²) in [5, 5.41) is 9.50. The number of aryl methyl sites for hydroxylation is 2. The van der Waals surface area contributed by atoms with Crippen molar-refractivity contribution in [3.63, 3.8) is 0 Å². The van der Waals surface area contributed by atoms with Gasteiger partial charge in [-0.25, -0.2) is 4.57 Å². The molecule has 5 rings (SSSR count). The first-order valence-corrected chi connectivity index (χ1v) is 10.6. The average molecular weight is 393 g/mol. The fourth-order valence-electron chi connectivity index (χ4n) is 4.43. The summed E-state index contributed by atoms with van der Waals surface area (Å²) in [6, 6.07) is 9.75. The molecule has 5 nitrogen and oxygen atoms in total. The molecule has 0 saturated heterocycles. The Kier molecular flexibility index (Phi) is 3.78. The van der Waals surface area contributed by atoms with Crippen molar-refractivity contribution in [1.29, 1.82) is 0 Å². The Hall–Kier alpha value is -2.47. The van der Waals surface area contributed by atoms with E-state index < -0.39 is 0 Å². The van der Waals surface area contributed by atoms with E-state index >= 15 is 0 Å². The van der Waals surface area contributed by atoms with Gasteiger partial charge in [0.2, 0.25) is 5.78 Å². The van der Waals surface area contributed by atoms with Crippen LogP contribution in [0.25, 0.3) is 21.7 Å². The quantitative estimate of drug-likeness (QED) is 0.477. The molecule has 28 heavy (non-hydrogen) atoms. The number of hydrogen-bond donors (Lipinski definition) is 0. The van der Waals surface area contributed by atoms with Crippen LogP contribution in [0, 0.1) is 18.3 Å². The summed E-state index contributed by atoms with van der Waals surface area (Å²) in [4.78, 5) is 16.0. The van der Waals surface area contributed by atoms with Crippen molar-refractivity contribution >= 4 is 27.3 Å². The first kappa shape index (κ1) is 17.6. The minimum atomic E-state index is 0.0211. The van der Waals surface area contributed by atoms with Crippen LogP contribution in [0.1, 0.15) is 43.5 Å². The molecule has 0 spiro atoms. The summed E-state index contributed by atoms with van der Waals surface area (Å²) in [5.74, 6) is 2.05. The molecule has 0 fully saturated rings. The monoisotopic (exact) mass is 392 g/mol. The zero-order valence-electron chi connectivity index (χ0n) is 16.7. The van der Waals surface area contributed by atoms with Crippen LogP contribution in [-0.2, 0) is 12.8 Å². The standard InChI is InChI=1S/C22H24N4OS/c1-13-23-24-21-25(13)20-18(19(27)26(21)15-8-6-5-7-9-15)16-11-10-14(22(2,3)4)12-17(16)28-20/h5-9,14H,10-12H2,1-4H3/t14-/m1/s1. The molecule has 1 aliphatic carbocycles. The van der Waals surface area contributed by atoms with Gasteiger partial charge >= 0.3 is 0 Å². The van der Waals surface area contributed by atoms with Crippen LogP contribution in [0.4, 0.5) is 0 Å². The first-order valence-electron chi connectivity index (χ1n) is 9.82. The molecule has 6 heteroatoms. The highest BCUT2D eigenvalue weighted by atomic mass is 32.1. The van der Waals surface area contributed by atoms with Crippen LogP contribution >= 0.6 is 11.3 Å². The third-order valence-electron chi connectivity index (χ3n) is 6.11. The van der Waals surface area contributed by atoms with Crippen molar-refractivity contribution in [2.75, 3.05) is 0 Å². The summed E-state index contributed by atoms with van der Waals surface area (Å²) >= 11 is 1.76. The van der Waals surface area contributed by atoms with Crippen molar-refractivity contribution in [3.05, 3.63) is 57.0 Å². The number of aromatic nitrogens is 4. The van der Waals surface area contributed by atoms with Gasteiger partial charge in [-0.05, 0) is 55.2 Å². The van der Waals surface area contributed by atoms with Gasteiger partial charge in [0.1, 0.15) is 10.7 Å². The van der Waals surface area contributed by atoms with Crippen LogP contribution in [0.5, 0.6) is 0 Å². The Bertz CT molecular complexity index is 1260. The van der Waals surface area contributed by atoms with E-state index in [1.165, 1.54) is 10.4 Å². The number of nitrogens with zero attached hydrogens (tertiary/aromatic N) is 4. The minimum absolute atomic E-state index is 0.0211. The zero-order chi connectivity index (χ0) is 19.6. The normalized spacial score (nSPS) is 17.4. The van der Waals surface area contributed by atoms with Crippen molar-refractivity contribution in [1.82, 2.24) is 19.2 Å². The number of para-hydroxylation sites is 1. The second kappa shape index (κ2) is 6.01. The second-order valence-electron chi connectivity index (χ2n) is 8.85. The third-order valence-corrected chi connectivity index (χ3v) is 7.35. The number of fused-ring (bicyclic) bond motifs is 5. The summed E-state index contributed by atoms with van der Waals surface area (Å²) in [5.41, 5.74) is 2.37. The molecule has 0 aliphatic heterocycles. The van der Waals surface area contributed by atoms with E-state index in [0.717, 1.165) is 41.0 Å². The van der Waals surface area contributed by atoms with Gasteiger partial charge in [-0.15, -0.1) is 21.5 Å². The molecule has 0 unspecified atom stereocenters. The summed E-state index contributed by atoms with van der Waals surface area (Å²) in [7, 11) is 0. The number of hydrogen-bond acceptors (Lipinski definition) is 4. The predicted molar refractivity (Wildman–Crippen MR) is 114 cm³/mol. The maximum atomic E-state index is 13.7. The lowest BCUT2D eigenvalue weighted by molar-refractivity contribution is 0.218. The molecule has 3 aromatic heterocycles. The third kappa shape index (κ3) is 2.47. The molecule has 0 amide bonds. The van der Waals surface area contributed by atoms with Gasteiger partial charge in [0.25, 0.3) is 5.56 Å². The molecule has 3 heterocycles. The zero-order valence-corrected chi connectivity index (χ0v) is 17.5. The molecule has 0 saturated carbocycles. The van der Waals surface area contributed by atoms with Crippen LogP contribution in [-0.4, -0.2) is 19.2 Å². The Morgan fingerprint density at radius 2 is 1.89 bits per heavy atom. The number of rotatable bonds is 1. The number of thiophene rings is 1. The molecule has 1 atom stereocenters. The van der Waals surface area contributed by atoms with E-state index in [1.807, 2.05) is 37.3 Å². The summed E-state index contributed by atoms with van der Waals surface area (Å²) < 4.78 is 3.77. The van der Waals surface area contributed by atoms with Crippen LogP contribution in [0.15, 0.2) is 35.1 Å². The van der Waals surface area contributed by atoms with Gasteiger partial charge in [0.05, 0.1) is 11.1 Å². The van der Waals surface area contributed by atoms with Gasteiger partial charge in [-0.1, -0.05) is 39.0 Å². The van der Waals surface area contributed by atoms with E-state index in [1.54, 1.807) is 15.9 Å². The Labute approximate surface area is 167 Å². The van der Waals surface area contributed by atoms with Gasteiger partial charge in [-0.2, -0.15) is 0 Å². The maximum absolute atomic E-state index is 13.7. The molecule has 4 aromatic rings. The van der Waals surface area contributed by atoms with Crippen LogP contribution in [0.2, 0.25) is 0 Å². The topological polar surface area (TPSA) is 52.2 Å². The number of benzene rings is 1. The molecule has 0 bridgehead atoms. The van der Waals surface area contributed by atoms with Crippen molar-refractivity contribution in [2.45, 2.75) is 47.0 Å². The van der Waals surface area contributed by atoms with Crippen molar-refractivity contribution in [2.24, 2.45) is 11.3 Å². The van der Waals surface area contributed by atoms with E-state index in [4.69, 9.17) is 0 Å². The molecule has 0 radical (unpaired) electrons. The predicted octanol–water partition coefficient (Wildman–Crippen LogP) is 4.55. The molecular weight excluding hydrogens is 368 g/mol. The molecule has 1 aliphatic rings. The molecular formula is C22H24N4OS. The van der Waals surface area contributed by atoms with E-state index in [0.29, 0.717) is 11.7 Å². The Morgan fingerprint density at radius 3 is 2.61 bits per heavy atom. The smallest absolute Gasteiger partial charge is 0.268 e. The van der Waals surface area contributed by atoms with Gasteiger partial charge in [-0.3, -0.25) is 9.20 Å². The van der Waals surface area contributed by atoms with E-state index in [-0.39, 0.29) is 11.0 Å². The lowest BCUT2D eigenvalue weighted by Gasteiger charge is -2.33. The Balaban J connectivity index is 1.85. The van der Waals surface area contributed by atoms with Gasteiger partial charge in [0.15, 0.2) is 0 Å². The molecule has 1 aromatic carbocycles. The van der Waals surface area contributed by atoms with E-state index in [2.05, 4.69) is 35.4 Å². The Morgan fingerprint density at radius 1 is 1.14 bits per heavy atom. The SMILES string of the molecule is Cc1nnc2n(-c3ccccc3)c(=O)c3c4c(sc3n12)C[C@H](C(C)(C)C)CC4. The van der Waals surface area contributed by atoms with E-state index in [9.17, 15) is 4.79 Å². The second-order valence-corrected chi connectivity index (χ2v) is 9.93. The first-order chi connectivity index (χ1) is 13.4. The summed E-state index contributed by atoms with van der Waals surface area (Å²) in [6.45, 7) is 8.91. The lowest BCUT2D eigenvalue weighted by Crippen LogP contribution is -2.27. The minimum Gasteiger partial charge on any atom is -0.268 e. The van der Waals surface area contributed by atoms with Crippen molar-refractivity contribution < 1.29 is 0 Å². The van der Waals surface area contributed by atoms with Gasteiger partial charge in [0, 0.05) is 4.88 Å². The maximum Gasteiger partial charge on any atom is 0.268 e. The molecule has 144 valence electrons.